The summed E-state index contributed by atoms with van der Waals surface area (Å²) in [5, 5.41) is 23.2. The van der Waals surface area contributed by atoms with Crippen molar-refractivity contribution in [2.45, 2.75) is 25.5 Å². The number of carbonyl (C=O) groups excluding carboxylic acids is 1. The second-order valence-corrected chi connectivity index (χ2v) is 5.48. The Morgan fingerprint density at radius 2 is 2.29 bits per heavy atom. The highest BCUT2D eigenvalue weighted by Gasteiger charge is 2.41. The van der Waals surface area contributed by atoms with Crippen LogP contribution in [0.15, 0.2) is 18.2 Å². The van der Waals surface area contributed by atoms with Gasteiger partial charge in [0.1, 0.15) is 0 Å². The van der Waals surface area contributed by atoms with E-state index in [2.05, 4.69) is 10.2 Å². The van der Waals surface area contributed by atoms with Crippen LogP contribution in [0.1, 0.15) is 18.4 Å². The van der Waals surface area contributed by atoms with Crippen molar-refractivity contribution in [2.24, 2.45) is 5.92 Å². The number of hydrogen-bond acceptors (Lipinski definition) is 5. The average Bonchev–Trinajstić information content (AvgIpc) is 2.88. The zero-order chi connectivity index (χ0) is 15.0. The maximum atomic E-state index is 11.8. The topological polar surface area (TPSA) is 95.7 Å². The average molecular weight is 291 g/mol. The molecule has 2 aliphatic heterocycles. The number of benzene rings is 1. The number of nitro groups is 1. The van der Waals surface area contributed by atoms with Gasteiger partial charge in [0.15, 0.2) is 0 Å². The molecule has 0 radical (unpaired) electrons. The van der Waals surface area contributed by atoms with Crippen LogP contribution in [-0.4, -0.2) is 35.1 Å². The monoisotopic (exact) mass is 291 g/mol. The molecular formula is C14H17N3O4. The summed E-state index contributed by atoms with van der Waals surface area (Å²) in [6, 6.07) is 4.60. The molecule has 0 aromatic heterocycles. The Morgan fingerprint density at radius 3 is 3.00 bits per heavy atom. The third-order valence-electron chi connectivity index (χ3n) is 4.35. The van der Waals surface area contributed by atoms with Gasteiger partial charge in [-0.25, -0.2) is 0 Å². The first-order valence-corrected chi connectivity index (χ1v) is 7.04. The Balaban J connectivity index is 1.95. The highest BCUT2D eigenvalue weighted by atomic mass is 16.6. The van der Waals surface area contributed by atoms with Gasteiger partial charge in [-0.1, -0.05) is 0 Å². The lowest BCUT2D eigenvalue weighted by molar-refractivity contribution is -0.384. The van der Waals surface area contributed by atoms with Crippen molar-refractivity contribution in [1.29, 1.82) is 0 Å². The molecule has 2 saturated heterocycles. The summed E-state index contributed by atoms with van der Waals surface area (Å²) in [4.78, 5) is 24.3. The molecule has 1 amide bonds. The number of fused-ring (bicyclic) bond motifs is 1. The van der Waals surface area contributed by atoms with Gasteiger partial charge >= 0.3 is 0 Å². The van der Waals surface area contributed by atoms with Gasteiger partial charge in [0.2, 0.25) is 5.91 Å². The number of aliphatic hydroxyl groups is 1. The van der Waals surface area contributed by atoms with Crippen LogP contribution >= 0.6 is 0 Å². The highest BCUT2D eigenvalue weighted by molar-refractivity contribution is 5.83. The molecule has 0 bridgehead atoms. The smallest absolute Gasteiger partial charge is 0.269 e. The Labute approximate surface area is 121 Å². The third kappa shape index (κ3) is 2.33. The van der Waals surface area contributed by atoms with E-state index in [1.54, 1.807) is 6.07 Å². The molecule has 1 aromatic carbocycles. The lowest BCUT2D eigenvalue weighted by Crippen LogP contribution is -2.46. The first kappa shape index (κ1) is 13.8. The SMILES string of the molecule is O=C1NCC2C1CCCN2c1ccc([N+](=O)[O-])cc1CO. The second-order valence-electron chi connectivity index (χ2n) is 5.48. The molecule has 2 unspecified atom stereocenters. The largest absolute Gasteiger partial charge is 0.392 e. The number of piperidine rings is 1. The van der Waals surface area contributed by atoms with Crippen LogP contribution in [-0.2, 0) is 11.4 Å². The van der Waals surface area contributed by atoms with Gasteiger partial charge in [-0.2, -0.15) is 0 Å². The van der Waals surface area contributed by atoms with Crippen LogP contribution < -0.4 is 10.2 Å². The number of anilines is 1. The predicted molar refractivity (Wildman–Crippen MR) is 75.9 cm³/mol. The first-order valence-electron chi connectivity index (χ1n) is 7.04. The lowest BCUT2D eigenvalue weighted by Gasteiger charge is -2.38. The molecule has 0 spiro atoms. The first-order chi connectivity index (χ1) is 10.1. The van der Waals surface area contributed by atoms with Crippen LogP contribution in [0.25, 0.3) is 0 Å². The summed E-state index contributed by atoms with van der Waals surface area (Å²) in [5.41, 5.74) is 1.29. The van der Waals surface area contributed by atoms with Crippen molar-refractivity contribution < 1.29 is 14.8 Å². The molecule has 7 nitrogen and oxygen atoms in total. The van der Waals surface area contributed by atoms with Crippen molar-refractivity contribution in [3.63, 3.8) is 0 Å². The standard InChI is InChI=1S/C14H17N3O4/c18-8-9-6-10(17(20)21)3-4-12(9)16-5-1-2-11-13(16)7-15-14(11)19/h3-4,6,11,13,18H,1-2,5,7-8H2,(H,15,19). The molecule has 2 N–H and O–H groups in total. The van der Waals surface area contributed by atoms with E-state index in [4.69, 9.17) is 0 Å². The van der Waals surface area contributed by atoms with Crippen molar-refractivity contribution in [2.75, 3.05) is 18.0 Å². The Morgan fingerprint density at radius 1 is 1.48 bits per heavy atom. The third-order valence-corrected chi connectivity index (χ3v) is 4.35. The molecular weight excluding hydrogens is 274 g/mol. The number of nitro benzene ring substituents is 1. The van der Waals surface area contributed by atoms with Crippen molar-refractivity contribution in [3.05, 3.63) is 33.9 Å². The molecule has 2 fully saturated rings. The Hall–Kier alpha value is -2.15. The molecule has 2 aliphatic rings. The van der Waals surface area contributed by atoms with Crippen molar-refractivity contribution >= 4 is 17.3 Å². The predicted octanol–water partition coefficient (Wildman–Crippen LogP) is 0.802. The Bertz CT molecular complexity index is 590. The Kier molecular flexibility index (Phi) is 3.50. The quantitative estimate of drug-likeness (QED) is 0.634. The zero-order valence-corrected chi connectivity index (χ0v) is 11.5. The van der Waals surface area contributed by atoms with Crippen LogP contribution in [0, 0.1) is 16.0 Å². The van der Waals surface area contributed by atoms with Gasteiger partial charge in [0.05, 0.1) is 23.5 Å². The highest BCUT2D eigenvalue weighted by Crippen LogP contribution is 2.34. The summed E-state index contributed by atoms with van der Waals surface area (Å²) in [5.74, 6) is 0.0534. The number of non-ortho nitro benzene ring substituents is 1. The number of hydrogen-bond donors (Lipinski definition) is 2. The number of nitrogens with zero attached hydrogens (tertiary/aromatic N) is 2. The van der Waals surface area contributed by atoms with Crippen LogP contribution in [0.3, 0.4) is 0 Å². The zero-order valence-electron chi connectivity index (χ0n) is 11.5. The fraction of sp³-hybridized carbons (Fsp3) is 0.500. The van der Waals surface area contributed by atoms with E-state index in [9.17, 15) is 20.0 Å². The molecule has 3 rings (SSSR count). The summed E-state index contributed by atoms with van der Waals surface area (Å²) in [7, 11) is 0. The number of amides is 1. The molecule has 21 heavy (non-hydrogen) atoms. The molecule has 7 heteroatoms. The van der Waals surface area contributed by atoms with Crippen LogP contribution in [0.2, 0.25) is 0 Å². The summed E-state index contributed by atoms with van der Waals surface area (Å²) >= 11 is 0. The molecule has 0 aliphatic carbocycles. The van der Waals surface area contributed by atoms with E-state index >= 15 is 0 Å². The van der Waals surface area contributed by atoms with Crippen molar-refractivity contribution in [1.82, 2.24) is 5.32 Å². The van der Waals surface area contributed by atoms with Gasteiger partial charge in [0.25, 0.3) is 5.69 Å². The summed E-state index contributed by atoms with van der Waals surface area (Å²) < 4.78 is 0. The van der Waals surface area contributed by atoms with Gasteiger partial charge in [-0.15, -0.1) is 0 Å². The fourth-order valence-corrected chi connectivity index (χ4v) is 3.34. The van der Waals surface area contributed by atoms with Crippen LogP contribution in [0.4, 0.5) is 11.4 Å². The van der Waals surface area contributed by atoms with Gasteiger partial charge in [0, 0.05) is 36.5 Å². The summed E-state index contributed by atoms with van der Waals surface area (Å²) in [6.07, 6.45) is 1.77. The van der Waals surface area contributed by atoms with Gasteiger partial charge < -0.3 is 15.3 Å². The van der Waals surface area contributed by atoms with Crippen LogP contribution in [0.5, 0.6) is 0 Å². The maximum absolute atomic E-state index is 11.8. The number of rotatable bonds is 3. The molecule has 2 heterocycles. The second kappa shape index (κ2) is 5.33. The number of carbonyl (C=O) groups is 1. The van der Waals surface area contributed by atoms with E-state index in [0.29, 0.717) is 12.1 Å². The minimum Gasteiger partial charge on any atom is -0.392 e. The van der Waals surface area contributed by atoms with E-state index < -0.39 is 4.92 Å². The van der Waals surface area contributed by atoms with Gasteiger partial charge in [-0.3, -0.25) is 14.9 Å². The molecule has 1 aromatic rings. The van der Waals surface area contributed by atoms with Crippen molar-refractivity contribution in [3.8, 4) is 0 Å². The van der Waals surface area contributed by atoms with Gasteiger partial charge in [-0.05, 0) is 18.9 Å². The normalized spacial score (nSPS) is 24.6. The van der Waals surface area contributed by atoms with E-state index in [1.807, 2.05) is 0 Å². The van der Waals surface area contributed by atoms with E-state index in [0.717, 1.165) is 25.1 Å². The molecule has 112 valence electrons. The van der Waals surface area contributed by atoms with E-state index in [1.165, 1.54) is 12.1 Å². The maximum Gasteiger partial charge on any atom is 0.269 e. The number of nitrogens with one attached hydrogen (secondary N) is 1. The minimum absolute atomic E-state index is 0.0273. The number of aliphatic hydroxyl groups excluding tert-OH is 1. The molecule has 2 atom stereocenters. The molecule has 0 saturated carbocycles. The lowest BCUT2D eigenvalue weighted by atomic mass is 9.90. The fourth-order valence-electron chi connectivity index (χ4n) is 3.34. The van der Waals surface area contributed by atoms with E-state index in [-0.39, 0.29) is 30.2 Å². The summed E-state index contributed by atoms with van der Waals surface area (Å²) in [6.45, 7) is 1.12. The minimum atomic E-state index is -0.470.